The molecule has 0 bridgehead atoms. The minimum atomic E-state index is -0.0278. The molecule has 5 N–H and O–H groups in total. The summed E-state index contributed by atoms with van der Waals surface area (Å²) in [4.78, 5) is 7.95. The van der Waals surface area contributed by atoms with E-state index in [0.717, 1.165) is 16.8 Å². The highest BCUT2D eigenvalue weighted by Crippen LogP contribution is 2.28. The highest BCUT2D eigenvalue weighted by molar-refractivity contribution is 5.75. The number of hydrogen-bond donors (Lipinski definition) is 3. The van der Waals surface area contributed by atoms with Crippen LogP contribution in [-0.2, 0) is 0 Å². The first-order valence-electron chi connectivity index (χ1n) is 7.11. The van der Waals surface area contributed by atoms with Crippen LogP contribution in [0.1, 0.15) is 34.6 Å². The molecule has 0 saturated carbocycles. The summed E-state index contributed by atoms with van der Waals surface area (Å²) >= 11 is 0. The number of anilines is 3. The summed E-state index contributed by atoms with van der Waals surface area (Å²) in [6, 6.07) is 5.86. The largest absolute Gasteiger partial charge is 0.397 e. The Morgan fingerprint density at radius 3 is 2.00 bits per heavy atom. The van der Waals surface area contributed by atoms with Crippen molar-refractivity contribution in [2.45, 2.75) is 40.2 Å². The molecule has 0 saturated heterocycles. The molecule has 2 rings (SSSR count). The van der Waals surface area contributed by atoms with E-state index >= 15 is 0 Å². The van der Waals surface area contributed by atoms with Crippen LogP contribution in [0.3, 0.4) is 0 Å². The van der Waals surface area contributed by atoms with Crippen molar-refractivity contribution in [2.75, 3.05) is 16.8 Å². The molecular weight excluding hydrogens is 262 g/mol. The summed E-state index contributed by atoms with van der Waals surface area (Å²) in [6.45, 7) is 10.3. The average Bonchev–Trinajstić information content (AvgIpc) is 2.43. The van der Waals surface area contributed by atoms with E-state index in [1.807, 2.05) is 32.0 Å². The number of benzene rings is 1. The Morgan fingerprint density at radius 2 is 1.52 bits per heavy atom. The summed E-state index contributed by atoms with van der Waals surface area (Å²) < 4.78 is 0. The van der Waals surface area contributed by atoms with E-state index in [1.165, 1.54) is 0 Å². The lowest BCUT2D eigenvalue weighted by Gasteiger charge is -2.23. The SMILES string of the molecule is CC.CC(C)(C)Nc1ccc(-c2cnc(N)nc2)cc1N. The molecule has 0 fully saturated rings. The molecule has 0 atom stereocenters. The standard InChI is InChI=1S/C14H19N5.C2H6/c1-14(2,3)19-12-5-4-9(6-11(12)15)10-7-17-13(16)18-8-10;1-2/h4-8,19H,15H2,1-3H3,(H2,16,17,18);1-2H3. The number of nitrogens with one attached hydrogen (secondary N) is 1. The second kappa shape index (κ2) is 6.92. The molecule has 0 unspecified atom stereocenters. The molecule has 1 aromatic heterocycles. The van der Waals surface area contributed by atoms with E-state index in [1.54, 1.807) is 12.4 Å². The van der Waals surface area contributed by atoms with Gasteiger partial charge in [-0.05, 0) is 38.5 Å². The normalized spacial score (nSPS) is 10.5. The molecule has 1 aromatic carbocycles. The van der Waals surface area contributed by atoms with E-state index in [2.05, 4.69) is 36.1 Å². The molecule has 0 spiro atoms. The van der Waals surface area contributed by atoms with Crippen LogP contribution in [0, 0.1) is 0 Å². The zero-order chi connectivity index (χ0) is 16.0. The second-order valence-electron chi connectivity index (χ2n) is 5.51. The van der Waals surface area contributed by atoms with Crippen molar-refractivity contribution in [1.29, 1.82) is 0 Å². The number of rotatable bonds is 2. The molecule has 0 radical (unpaired) electrons. The molecule has 5 heteroatoms. The number of hydrogen-bond acceptors (Lipinski definition) is 5. The van der Waals surface area contributed by atoms with E-state index in [-0.39, 0.29) is 11.5 Å². The Morgan fingerprint density at radius 1 is 0.952 bits per heavy atom. The Balaban J connectivity index is 0.00000106. The highest BCUT2D eigenvalue weighted by Gasteiger charge is 2.11. The molecule has 1 heterocycles. The first kappa shape index (κ1) is 16.8. The van der Waals surface area contributed by atoms with E-state index in [9.17, 15) is 0 Å². The molecule has 0 amide bonds. The smallest absolute Gasteiger partial charge is 0.219 e. The Labute approximate surface area is 126 Å². The summed E-state index contributed by atoms with van der Waals surface area (Å²) in [5.74, 6) is 0.266. The van der Waals surface area contributed by atoms with Gasteiger partial charge in [0, 0.05) is 23.5 Å². The van der Waals surface area contributed by atoms with Crippen molar-refractivity contribution in [3.63, 3.8) is 0 Å². The number of nitrogens with zero attached hydrogens (tertiary/aromatic N) is 2. The summed E-state index contributed by atoms with van der Waals surface area (Å²) in [7, 11) is 0. The minimum absolute atomic E-state index is 0.0278. The van der Waals surface area contributed by atoms with Gasteiger partial charge >= 0.3 is 0 Å². The van der Waals surface area contributed by atoms with Gasteiger partial charge in [0.2, 0.25) is 5.95 Å². The summed E-state index contributed by atoms with van der Waals surface area (Å²) in [6.07, 6.45) is 3.38. The summed E-state index contributed by atoms with van der Waals surface area (Å²) in [5.41, 5.74) is 15.0. The third-order valence-electron chi connectivity index (χ3n) is 2.57. The van der Waals surface area contributed by atoms with E-state index in [4.69, 9.17) is 11.5 Å². The lowest BCUT2D eigenvalue weighted by molar-refractivity contribution is 0.634. The van der Waals surface area contributed by atoms with Gasteiger partial charge in [0.15, 0.2) is 0 Å². The van der Waals surface area contributed by atoms with Crippen molar-refractivity contribution < 1.29 is 0 Å². The minimum Gasteiger partial charge on any atom is -0.397 e. The average molecular weight is 287 g/mol. The van der Waals surface area contributed by atoms with Gasteiger partial charge < -0.3 is 16.8 Å². The van der Waals surface area contributed by atoms with Gasteiger partial charge in [-0.15, -0.1) is 0 Å². The van der Waals surface area contributed by atoms with Gasteiger partial charge in [0.1, 0.15) is 0 Å². The van der Waals surface area contributed by atoms with Gasteiger partial charge in [-0.2, -0.15) is 0 Å². The fraction of sp³-hybridized carbons (Fsp3) is 0.375. The zero-order valence-corrected chi connectivity index (χ0v) is 13.4. The van der Waals surface area contributed by atoms with Gasteiger partial charge in [-0.3, -0.25) is 0 Å². The molecule has 2 aromatic rings. The number of aromatic nitrogens is 2. The Hall–Kier alpha value is -2.30. The van der Waals surface area contributed by atoms with Crippen LogP contribution in [0.15, 0.2) is 30.6 Å². The number of nitrogen functional groups attached to an aromatic ring is 2. The van der Waals surface area contributed by atoms with Crippen LogP contribution in [0.25, 0.3) is 11.1 Å². The Bertz CT molecular complexity index is 570. The highest BCUT2D eigenvalue weighted by atomic mass is 15.0. The maximum Gasteiger partial charge on any atom is 0.219 e. The van der Waals surface area contributed by atoms with E-state index < -0.39 is 0 Å². The fourth-order valence-electron chi connectivity index (χ4n) is 1.75. The number of nitrogens with two attached hydrogens (primary N) is 2. The first-order valence-corrected chi connectivity index (χ1v) is 7.11. The van der Waals surface area contributed by atoms with Gasteiger partial charge in [0.05, 0.1) is 11.4 Å². The van der Waals surface area contributed by atoms with Crippen LogP contribution in [0.2, 0.25) is 0 Å². The van der Waals surface area contributed by atoms with Crippen molar-refractivity contribution in [3.8, 4) is 11.1 Å². The van der Waals surface area contributed by atoms with Crippen LogP contribution >= 0.6 is 0 Å². The van der Waals surface area contributed by atoms with Gasteiger partial charge in [-0.25, -0.2) is 9.97 Å². The van der Waals surface area contributed by atoms with Gasteiger partial charge in [0.25, 0.3) is 0 Å². The molecule has 0 aliphatic heterocycles. The second-order valence-corrected chi connectivity index (χ2v) is 5.51. The zero-order valence-electron chi connectivity index (χ0n) is 13.4. The predicted molar refractivity (Wildman–Crippen MR) is 91.0 cm³/mol. The van der Waals surface area contributed by atoms with E-state index in [0.29, 0.717) is 5.69 Å². The molecule has 0 aliphatic rings. The predicted octanol–water partition coefficient (Wildman–Crippen LogP) is 3.54. The lowest BCUT2D eigenvalue weighted by Crippen LogP contribution is -2.26. The monoisotopic (exact) mass is 287 g/mol. The van der Waals surface area contributed by atoms with Crippen molar-refractivity contribution >= 4 is 17.3 Å². The molecular formula is C16H25N5. The van der Waals surface area contributed by atoms with Crippen LogP contribution in [0.4, 0.5) is 17.3 Å². The topological polar surface area (TPSA) is 89.8 Å². The van der Waals surface area contributed by atoms with Crippen LogP contribution in [-0.4, -0.2) is 15.5 Å². The van der Waals surface area contributed by atoms with Crippen molar-refractivity contribution in [1.82, 2.24) is 9.97 Å². The van der Waals surface area contributed by atoms with Crippen LogP contribution < -0.4 is 16.8 Å². The molecule has 21 heavy (non-hydrogen) atoms. The van der Waals surface area contributed by atoms with Gasteiger partial charge in [-0.1, -0.05) is 19.9 Å². The van der Waals surface area contributed by atoms with Crippen molar-refractivity contribution in [3.05, 3.63) is 30.6 Å². The third kappa shape index (κ3) is 4.95. The molecule has 0 aliphatic carbocycles. The third-order valence-corrected chi connectivity index (χ3v) is 2.57. The fourth-order valence-corrected chi connectivity index (χ4v) is 1.75. The molecule has 5 nitrogen and oxygen atoms in total. The summed E-state index contributed by atoms with van der Waals surface area (Å²) in [5, 5.41) is 3.36. The Kier molecular flexibility index (Phi) is 5.52. The maximum atomic E-state index is 6.07. The lowest BCUT2D eigenvalue weighted by atomic mass is 10.0. The van der Waals surface area contributed by atoms with Crippen molar-refractivity contribution in [2.24, 2.45) is 0 Å². The quantitative estimate of drug-likeness (QED) is 0.735. The van der Waals surface area contributed by atoms with Crippen LogP contribution in [0.5, 0.6) is 0 Å². The molecule has 114 valence electrons. The maximum absolute atomic E-state index is 6.07. The first-order chi connectivity index (χ1) is 9.85.